The lowest BCUT2D eigenvalue weighted by atomic mass is 10.2. The van der Waals surface area contributed by atoms with Crippen LogP contribution in [0.4, 0.5) is 24.7 Å². The molecule has 0 spiro atoms. The Morgan fingerprint density at radius 2 is 2.00 bits per heavy atom. The van der Waals surface area contributed by atoms with Gasteiger partial charge in [0, 0.05) is 25.3 Å². The number of halogens is 4. The van der Waals surface area contributed by atoms with E-state index in [1.807, 2.05) is 11.9 Å². The van der Waals surface area contributed by atoms with Crippen molar-refractivity contribution in [2.45, 2.75) is 25.9 Å². The van der Waals surface area contributed by atoms with Crippen LogP contribution in [0.15, 0.2) is 30.6 Å². The number of rotatable bonds is 6. The summed E-state index contributed by atoms with van der Waals surface area (Å²) in [4.78, 5) is 22.2. The summed E-state index contributed by atoms with van der Waals surface area (Å²) in [6.07, 6.45) is -1.38. The van der Waals surface area contributed by atoms with E-state index < -0.39 is 22.7 Å². The molecule has 26 heavy (non-hydrogen) atoms. The minimum atomic E-state index is -4.61. The van der Waals surface area contributed by atoms with Gasteiger partial charge in [0.25, 0.3) is 5.91 Å². The smallest absolute Gasteiger partial charge is 0.360 e. The Labute approximate surface area is 154 Å². The molecule has 140 valence electrons. The van der Waals surface area contributed by atoms with Crippen molar-refractivity contribution in [3.8, 4) is 0 Å². The maximum atomic E-state index is 12.9. The van der Waals surface area contributed by atoms with Crippen LogP contribution in [0.3, 0.4) is 0 Å². The Kier molecular flexibility index (Phi) is 6.42. The molecule has 5 nitrogen and oxygen atoms in total. The van der Waals surface area contributed by atoms with Crippen LogP contribution in [0.5, 0.6) is 0 Å². The van der Waals surface area contributed by atoms with Crippen LogP contribution < -0.4 is 10.2 Å². The highest BCUT2D eigenvalue weighted by Gasteiger charge is 2.33. The first-order chi connectivity index (χ1) is 12.2. The van der Waals surface area contributed by atoms with E-state index in [1.165, 1.54) is 18.5 Å². The number of nitrogens with one attached hydrogen (secondary N) is 1. The van der Waals surface area contributed by atoms with Crippen LogP contribution in [0, 0.1) is 0 Å². The fraction of sp³-hybridized carbons (Fsp3) is 0.353. The van der Waals surface area contributed by atoms with Gasteiger partial charge < -0.3 is 10.2 Å². The van der Waals surface area contributed by atoms with Crippen molar-refractivity contribution in [2.24, 2.45) is 0 Å². The quantitative estimate of drug-likeness (QED) is 0.785. The Hall–Kier alpha value is -2.35. The van der Waals surface area contributed by atoms with Gasteiger partial charge in [-0.25, -0.2) is 9.97 Å². The van der Waals surface area contributed by atoms with Crippen LogP contribution in [0.25, 0.3) is 0 Å². The molecule has 1 amide bonds. The molecule has 1 heterocycles. The Morgan fingerprint density at radius 1 is 1.27 bits per heavy atom. The number of aromatic nitrogens is 2. The molecule has 1 aromatic carbocycles. The minimum Gasteiger partial charge on any atom is -0.360 e. The van der Waals surface area contributed by atoms with Crippen molar-refractivity contribution in [1.29, 1.82) is 0 Å². The maximum absolute atomic E-state index is 12.9. The lowest BCUT2D eigenvalue weighted by Gasteiger charge is -2.17. The van der Waals surface area contributed by atoms with Crippen molar-refractivity contribution in [3.05, 3.63) is 46.9 Å². The summed E-state index contributed by atoms with van der Waals surface area (Å²) >= 11 is 5.57. The van der Waals surface area contributed by atoms with Gasteiger partial charge in [-0.15, -0.1) is 0 Å². The molecule has 0 bridgehead atoms. The molecule has 0 aliphatic carbocycles. The second-order valence-electron chi connectivity index (χ2n) is 5.68. The van der Waals surface area contributed by atoms with E-state index in [4.69, 9.17) is 11.6 Å². The van der Waals surface area contributed by atoms with Gasteiger partial charge in [-0.2, -0.15) is 13.2 Å². The predicted molar refractivity (Wildman–Crippen MR) is 94.6 cm³/mol. The zero-order valence-electron chi connectivity index (χ0n) is 14.3. The van der Waals surface area contributed by atoms with Gasteiger partial charge in [-0.05, 0) is 24.6 Å². The number of alkyl halides is 3. The van der Waals surface area contributed by atoms with Gasteiger partial charge in [-0.3, -0.25) is 4.79 Å². The molecule has 2 rings (SSSR count). The number of carbonyl (C=O) groups excluding carboxylic acids is 1. The summed E-state index contributed by atoms with van der Waals surface area (Å²) < 4.78 is 38.7. The first-order valence-corrected chi connectivity index (χ1v) is 8.31. The van der Waals surface area contributed by atoms with Gasteiger partial charge in [0.15, 0.2) is 0 Å². The largest absolute Gasteiger partial charge is 0.417 e. The van der Waals surface area contributed by atoms with Gasteiger partial charge in [0.05, 0.1) is 10.6 Å². The zero-order chi connectivity index (χ0) is 19.3. The van der Waals surface area contributed by atoms with Crippen molar-refractivity contribution in [1.82, 2.24) is 9.97 Å². The van der Waals surface area contributed by atoms with E-state index in [2.05, 4.69) is 22.2 Å². The average molecular weight is 387 g/mol. The summed E-state index contributed by atoms with van der Waals surface area (Å²) in [6.45, 7) is 2.83. The molecule has 0 atom stereocenters. The van der Waals surface area contributed by atoms with Crippen LogP contribution in [-0.2, 0) is 6.18 Å². The molecule has 2 aromatic rings. The summed E-state index contributed by atoms with van der Waals surface area (Å²) in [7, 11) is 1.84. The SMILES string of the molecule is CCCCN(C)c1cc(C(=O)Nc2ccc(Cl)c(C(F)(F)F)c2)ncn1. The maximum Gasteiger partial charge on any atom is 0.417 e. The van der Waals surface area contributed by atoms with Crippen LogP contribution in [-0.4, -0.2) is 29.5 Å². The van der Waals surface area contributed by atoms with Crippen LogP contribution >= 0.6 is 11.6 Å². The van der Waals surface area contributed by atoms with E-state index in [-0.39, 0.29) is 11.4 Å². The summed E-state index contributed by atoms with van der Waals surface area (Å²) in [5.74, 6) is -0.0707. The fourth-order valence-corrected chi connectivity index (χ4v) is 2.43. The van der Waals surface area contributed by atoms with E-state index in [0.29, 0.717) is 5.82 Å². The van der Waals surface area contributed by atoms with Gasteiger partial charge in [-0.1, -0.05) is 24.9 Å². The molecular weight excluding hydrogens is 369 g/mol. The van der Waals surface area contributed by atoms with Crippen LogP contribution in [0.1, 0.15) is 35.8 Å². The molecule has 0 unspecified atom stereocenters. The van der Waals surface area contributed by atoms with E-state index >= 15 is 0 Å². The highest BCUT2D eigenvalue weighted by molar-refractivity contribution is 6.31. The third-order valence-electron chi connectivity index (χ3n) is 3.65. The topological polar surface area (TPSA) is 58.1 Å². The van der Waals surface area contributed by atoms with Gasteiger partial charge in [0.1, 0.15) is 17.8 Å². The molecule has 1 N–H and O–H groups in total. The number of carbonyl (C=O) groups is 1. The van der Waals surface area contributed by atoms with E-state index in [1.54, 1.807) is 0 Å². The molecule has 0 fully saturated rings. The molecule has 0 aliphatic heterocycles. The number of anilines is 2. The van der Waals surface area contributed by atoms with Crippen molar-refractivity contribution < 1.29 is 18.0 Å². The molecular formula is C17H18ClF3N4O. The predicted octanol–water partition coefficient (Wildman–Crippen LogP) is 4.64. The minimum absolute atomic E-state index is 0.0220. The average Bonchev–Trinajstić information content (AvgIpc) is 2.60. The standard InChI is InChI=1S/C17H18ClF3N4O/c1-3-4-7-25(2)15-9-14(22-10-23-15)16(26)24-11-5-6-13(18)12(8-11)17(19,20)21/h5-6,8-10H,3-4,7H2,1-2H3,(H,24,26). The first kappa shape index (κ1) is 20.0. The second-order valence-corrected chi connectivity index (χ2v) is 6.09. The highest BCUT2D eigenvalue weighted by Crippen LogP contribution is 2.36. The number of nitrogens with zero attached hydrogens (tertiary/aromatic N) is 3. The molecule has 9 heteroatoms. The Balaban J connectivity index is 2.18. The van der Waals surface area contributed by atoms with Gasteiger partial charge in [0.2, 0.25) is 0 Å². The lowest BCUT2D eigenvalue weighted by Crippen LogP contribution is -2.21. The molecule has 0 saturated heterocycles. The number of hydrogen-bond acceptors (Lipinski definition) is 4. The van der Waals surface area contributed by atoms with Crippen LogP contribution in [0.2, 0.25) is 5.02 Å². The number of amides is 1. The summed E-state index contributed by atoms with van der Waals surface area (Å²) in [6, 6.07) is 4.66. The monoisotopic (exact) mass is 386 g/mol. The number of benzene rings is 1. The summed E-state index contributed by atoms with van der Waals surface area (Å²) in [5.41, 5.74) is -0.979. The number of unbranched alkanes of at least 4 members (excludes halogenated alkanes) is 1. The Bertz CT molecular complexity index is 783. The third-order valence-corrected chi connectivity index (χ3v) is 3.98. The third kappa shape index (κ3) is 5.08. The Morgan fingerprint density at radius 3 is 2.65 bits per heavy atom. The first-order valence-electron chi connectivity index (χ1n) is 7.93. The normalized spacial score (nSPS) is 11.3. The fourth-order valence-electron chi connectivity index (χ4n) is 2.21. The lowest BCUT2D eigenvalue weighted by molar-refractivity contribution is -0.137. The number of hydrogen-bond donors (Lipinski definition) is 1. The zero-order valence-corrected chi connectivity index (χ0v) is 15.0. The van der Waals surface area contributed by atoms with E-state index in [0.717, 1.165) is 31.5 Å². The van der Waals surface area contributed by atoms with Crippen molar-refractivity contribution in [2.75, 3.05) is 23.8 Å². The second kappa shape index (κ2) is 8.35. The summed E-state index contributed by atoms with van der Waals surface area (Å²) in [5, 5.41) is 1.97. The molecule has 1 aromatic heterocycles. The molecule has 0 radical (unpaired) electrons. The van der Waals surface area contributed by atoms with E-state index in [9.17, 15) is 18.0 Å². The van der Waals surface area contributed by atoms with Gasteiger partial charge >= 0.3 is 6.18 Å². The van der Waals surface area contributed by atoms with Crippen molar-refractivity contribution in [3.63, 3.8) is 0 Å². The highest BCUT2D eigenvalue weighted by atomic mass is 35.5. The molecule has 0 saturated carbocycles. The van der Waals surface area contributed by atoms with Crippen molar-refractivity contribution >= 4 is 29.0 Å². The molecule has 0 aliphatic rings.